The number of nitrogens with zero attached hydrogens (tertiary/aromatic N) is 2. The molecule has 1 N–H and O–H groups in total. The van der Waals surface area contributed by atoms with E-state index in [0.29, 0.717) is 0 Å². The van der Waals surface area contributed by atoms with E-state index in [1.54, 1.807) is 0 Å². The lowest BCUT2D eigenvalue weighted by atomic mass is 10.2. The normalized spacial score (nSPS) is 10.5. The molecule has 1 aromatic carbocycles. The molecular formula is C13H15N3. The van der Waals surface area contributed by atoms with Crippen molar-refractivity contribution in [3.05, 3.63) is 36.0 Å². The monoisotopic (exact) mass is 213 g/mol. The summed E-state index contributed by atoms with van der Waals surface area (Å²) in [5.74, 6) is 0. The largest absolute Gasteiger partial charge is 0.347 e. The number of benzene rings is 1. The van der Waals surface area contributed by atoms with Crippen molar-refractivity contribution in [2.75, 3.05) is 13.6 Å². The van der Waals surface area contributed by atoms with Crippen LogP contribution in [0, 0.1) is 11.3 Å². The van der Waals surface area contributed by atoms with Gasteiger partial charge in [0.1, 0.15) is 0 Å². The smallest absolute Gasteiger partial charge is 0.0991 e. The van der Waals surface area contributed by atoms with Crippen LogP contribution in [0.25, 0.3) is 10.9 Å². The van der Waals surface area contributed by atoms with Crippen LogP contribution < -0.4 is 5.32 Å². The fourth-order valence-corrected chi connectivity index (χ4v) is 1.89. The standard InChI is InChI=1S/C13H15N3/c1-15-6-2-7-16-8-5-12-9-11(10-14)3-4-13(12)16/h3-5,8-9,15H,2,6-7H2,1H3. The average molecular weight is 213 g/mol. The zero-order valence-corrected chi connectivity index (χ0v) is 9.40. The predicted molar refractivity (Wildman–Crippen MR) is 65.2 cm³/mol. The molecular weight excluding hydrogens is 198 g/mol. The number of aryl methyl sites for hydroxylation is 1. The number of hydrogen-bond acceptors (Lipinski definition) is 2. The van der Waals surface area contributed by atoms with Gasteiger partial charge in [-0.15, -0.1) is 0 Å². The lowest BCUT2D eigenvalue weighted by molar-refractivity contribution is 0.627. The van der Waals surface area contributed by atoms with Gasteiger partial charge in [0, 0.05) is 23.6 Å². The molecule has 82 valence electrons. The maximum atomic E-state index is 8.81. The summed E-state index contributed by atoms with van der Waals surface area (Å²) in [6, 6.07) is 10.1. The zero-order valence-electron chi connectivity index (χ0n) is 9.40. The van der Waals surface area contributed by atoms with E-state index in [-0.39, 0.29) is 0 Å². The third-order valence-electron chi connectivity index (χ3n) is 2.73. The maximum absolute atomic E-state index is 8.81. The first-order valence-electron chi connectivity index (χ1n) is 5.49. The first-order valence-corrected chi connectivity index (χ1v) is 5.49. The SMILES string of the molecule is CNCCCn1ccc2cc(C#N)ccc21. The van der Waals surface area contributed by atoms with Crippen molar-refractivity contribution in [3.8, 4) is 6.07 Å². The summed E-state index contributed by atoms with van der Waals surface area (Å²) < 4.78 is 2.23. The maximum Gasteiger partial charge on any atom is 0.0991 e. The molecule has 2 rings (SSSR count). The van der Waals surface area contributed by atoms with Gasteiger partial charge in [-0.1, -0.05) is 0 Å². The van der Waals surface area contributed by atoms with E-state index >= 15 is 0 Å². The fraction of sp³-hybridized carbons (Fsp3) is 0.308. The van der Waals surface area contributed by atoms with E-state index in [1.165, 1.54) is 5.52 Å². The van der Waals surface area contributed by atoms with Crippen molar-refractivity contribution in [2.24, 2.45) is 0 Å². The van der Waals surface area contributed by atoms with Crippen LogP contribution >= 0.6 is 0 Å². The number of fused-ring (bicyclic) bond motifs is 1. The number of aromatic nitrogens is 1. The van der Waals surface area contributed by atoms with Gasteiger partial charge in [0.15, 0.2) is 0 Å². The molecule has 0 saturated heterocycles. The molecule has 2 aromatic rings. The minimum absolute atomic E-state index is 0.723. The van der Waals surface area contributed by atoms with Crippen LogP contribution in [-0.2, 0) is 6.54 Å². The van der Waals surface area contributed by atoms with Crippen LogP contribution in [0.4, 0.5) is 0 Å². The van der Waals surface area contributed by atoms with Crippen molar-refractivity contribution in [3.63, 3.8) is 0 Å². The molecule has 0 aliphatic rings. The van der Waals surface area contributed by atoms with Gasteiger partial charge in [-0.3, -0.25) is 0 Å². The summed E-state index contributed by atoms with van der Waals surface area (Å²) >= 11 is 0. The quantitative estimate of drug-likeness (QED) is 0.790. The molecule has 0 amide bonds. The zero-order chi connectivity index (χ0) is 11.4. The minimum Gasteiger partial charge on any atom is -0.347 e. The molecule has 3 heteroatoms. The van der Waals surface area contributed by atoms with E-state index in [0.717, 1.165) is 30.5 Å². The van der Waals surface area contributed by atoms with E-state index in [4.69, 9.17) is 5.26 Å². The molecule has 0 aliphatic carbocycles. The molecule has 0 radical (unpaired) electrons. The summed E-state index contributed by atoms with van der Waals surface area (Å²) in [5.41, 5.74) is 1.93. The lowest BCUT2D eigenvalue weighted by Crippen LogP contribution is -2.10. The Morgan fingerprint density at radius 2 is 2.25 bits per heavy atom. The van der Waals surface area contributed by atoms with Crippen LogP contribution in [0.2, 0.25) is 0 Å². The van der Waals surface area contributed by atoms with Crippen LogP contribution in [0.3, 0.4) is 0 Å². The number of hydrogen-bond donors (Lipinski definition) is 1. The minimum atomic E-state index is 0.723. The van der Waals surface area contributed by atoms with Crippen molar-refractivity contribution < 1.29 is 0 Å². The van der Waals surface area contributed by atoms with Gasteiger partial charge < -0.3 is 9.88 Å². The van der Waals surface area contributed by atoms with Gasteiger partial charge in [-0.25, -0.2) is 0 Å². The summed E-state index contributed by atoms with van der Waals surface area (Å²) in [5, 5.41) is 13.1. The lowest BCUT2D eigenvalue weighted by Gasteiger charge is -2.04. The third kappa shape index (κ3) is 2.07. The average Bonchev–Trinajstić information content (AvgIpc) is 2.72. The van der Waals surface area contributed by atoms with Crippen molar-refractivity contribution in [1.29, 1.82) is 5.26 Å². The molecule has 0 bridgehead atoms. The van der Waals surface area contributed by atoms with Gasteiger partial charge >= 0.3 is 0 Å². The number of nitrogens with one attached hydrogen (secondary N) is 1. The molecule has 0 atom stereocenters. The van der Waals surface area contributed by atoms with Crippen LogP contribution in [0.1, 0.15) is 12.0 Å². The van der Waals surface area contributed by atoms with Crippen LogP contribution in [0.15, 0.2) is 30.5 Å². The molecule has 1 heterocycles. The topological polar surface area (TPSA) is 40.8 Å². The molecule has 0 spiro atoms. The van der Waals surface area contributed by atoms with Gasteiger partial charge in [-0.05, 0) is 44.3 Å². The first-order chi connectivity index (χ1) is 7.85. The Kier molecular flexibility index (Phi) is 3.23. The molecule has 1 aromatic heterocycles. The molecule has 0 saturated carbocycles. The Bertz CT molecular complexity index is 519. The van der Waals surface area contributed by atoms with Gasteiger partial charge in [-0.2, -0.15) is 5.26 Å². The van der Waals surface area contributed by atoms with Crippen molar-refractivity contribution in [1.82, 2.24) is 9.88 Å². The van der Waals surface area contributed by atoms with E-state index in [2.05, 4.69) is 28.2 Å². The predicted octanol–water partition coefficient (Wildman–Crippen LogP) is 2.12. The highest BCUT2D eigenvalue weighted by Crippen LogP contribution is 2.17. The van der Waals surface area contributed by atoms with Gasteiger partial charge in [0.2, 0.25) is 0 Å². The molecule has 0 fully saturated rings. The van der Waals surface area contributed by atoms with E-state index in [1.807, 2.05) is 25.2 Å². The Balaban J connectivity index is 2.25. The van der Waals surface area contributed by atoms with Crippen molar-refractivity contribution >= 4 is 10.9 Å². The van der Waals surface area contributed by atoms with Gasteiger partial charge in [0.05, 0.1) is 11.6 Å². The first kappa shape index (κ1) is 10.7. The third-order valence-corrected chi connectivity index (χ3v) is 2.73. The second-order valence-corrected chi connectivity index (χ2v) is 3.85. The van der Waals surface area contributed by atoms with Gasteiger partial charge in [0.25, 0.3) is 0 Å². The fourth-order valence-electron chi connectivity index (χ4n) is 1.89. The second kappa shape index (κ2) is 4.82. The second-order valence-electron chi connectivity index (χ2n) is 3.85. The van der Waals surface area contributed by atoms with Crippen LogP contribution in [0.5, 0.6) is 0 Å². The van der Waals surface area contributed by atoms with E-state index in [9.17, 15) is 0 Å². The van der Waals surface area contributed by atoms with Crippen LogP contribution in [-0.4, -0.2) is 18.2 Å². The summed E-state index contributed by atoms with van der Waals surface area (Å²) in [6.07, 6.45) is 3.20. The highest BCUT2D eigenvalue weighted by Gasteiger charge is 2.01. The molecule has 16 heavy (non-hydrogen) atoms. The Hall–Kier alpha value is -1.79. The highest BCUT2D eigenvalue weighted by atomic mass is 15.0. The summed E-state index contributed by atoms with van der Waals surface area (Å²) in [4.78, 5) is 0. The molecule has 3 nitrogen and oxygen atoms in total. The summed E-state index contributed by atoms with van der Waals surface area (Å²) in [6.45, 7) is 2.03. The van der Waals surface area contributed by atoms with Crippen molar-refractivity contribution in [2.45, 2.75) is 13.0 Å². The number of nitriles is 1. The summed E-state index contributed by atoms with van der Waals surface area (Å²) in [7, 11) is 1.97. The molecule has 0 aliphatic heterocycles. The Labute approximate surface area is 95.3 Å². The number of rotatable bonds is 4. The molecule has 0 unspecified atom stereocenters. The Morgan fingerprint density at radius 3 is 3.00 bits per heavy atom. The van der Waals surface area contributed by atoms with E-state index < -0.39 is 0 Å². The highest BCUT2D eigenvalue weighted by molar-refractivity contribution is 5.81. The Morgan fingerprint density at radius 1 is 1.38 bits per heavy atom.